The van der Waals surface area contributed by atoms with Crippen LogP contribution in [0.4, 0.5) is 4.79 Å². The lowest BCUT2D eigenvalue weighted by Gasteiger charge is -2.13. The summed E-state index contributed by atoms with van der Waals surface area (Å²) < 4.78 is 7.96. The van der Waals surface area contributed by atoms with Gasteiger partial charge in [-0.15, -0.1) is 0 Å². The van der Waals surface area contributed by atoms with Gasteiger partial charge in [-0.1, -0.05) is 24.3 Å². The number of carbonyl (C=O) groups excluding carboxylic acids is 1. The molecule has 172 valence electrons. The molecule has 9 heteroatoms. The molecule has 1 fully saturated rings. The molecule has 1 amide bonds. The minimum atomic E-state index is -0.984. The molecule has 2 aromatic carbocycles. The van der Waals surface area contributed by atoms with E-state index in [0.717, 1.165) is 11.1 Å². The number of carbonyl (C=O) groups is 2. The molecule has 1 saturated heterocycles. The van der Waals surface area contributed by atoms with Crippen molar-refractivity contribution in [3.05, 3.63) is 82.9 Å². The van der Waals surface area contributed by atoms with Crippen molar-refractivity contribution >= 4 is 23.2 Å². The van der Waals surface area contributed by atoms with Crippen LogP contribution in [0.5, 0.6) is 0 Å². The summed E-state index contributed by atoms with van der Waals surface area (Å²) in [7, 11) is 1.35. The van der Waals surface area contributed by atoms with Gasteiger partial charge in [0.2, 0.25) is 0 Å². The van der Waals surface area contributed by atoms with Crippen LogP contribution in [0.25, 0.3) is 28.0 Å². The number of rotatable bonds is 4. The fourth-order valence-electron chi connectivity index (χ4n) is 4.47. The molecule has 0 unspecified atom stereocenters. The summed E-state index contributed by atoms with van der Waals surface area (Å²) in [6, 6.07) is 18.0. The molecule has 0 aliphatic carbocycles. The quantitative estimate of drug-likeness (QED) is 0.469. The molecule has 3 heterocycles. The highest BCUT2D eigenvalue weighted by molar-refractivity contribution is 5.90. The van der Waals surface area contributed by atoms with Gasteiger partial charge in [0.1, 0.15) is 0 Å². The summed E-state index contributed by atoms with van der Waals surface area (Å²) in [5, 5.41) is 9.31. The van der Waals surface area contributed by atoms with Gasteiger partial charge in [-0.2, -0.15) is 0 Å². The van der Waals surface area contributed by atoms with Crippen molar-refractivity contribution in [2.75, 3.05) is 20.2 Å². The number of amides is 1. The fourth-order valence-corrected chi connectivity index (χ4v) is 4.47. The van der Waals surface area contributed by atoms with Gasteiger partial charge < -0.3 is 14.7 Å². The second-order valence-corrected chi connectivity index (χ2v) is 8.12. The Bertz CT molecular complexity index is 1440. The van der Waals surface area contributed by atoms with Crippen LogP contribution >= 0.6 is 0 Å². The second kappa shape index (κ2) is 8.51. The summed E-state index contributed by atoms with van der Waals surface area (Å²) in [6.07, 6.45) is 1.21. The summed E-state index contributed by atoms with van der Waals surface area (Å²) in [4.78, 5) is 42.3. The average Bonchev–Trinajstić information content (AvgIpc) is 3.46. The first-order valence-corrected chi connectivity index (χ1v) is 10.8. The van der Waals surface area contributed by atoms with Gasteiger partial charge in [0, 0.05) is 19.3 Å². The zero-order chi connectivity index (χ0) is 23.8. The number of aromatic nitrogens is 3. The number of methoxy groups -OCH3 is 1. The van der Waals surface area contributed by atoms with Crippen LogP contribution in [0.3, 0.4) is 0 Å². The Balaban J connectivity index is 1.52. The SMILES string of the molecule is COC(=O)c1ccc(-c2ccc(-n3c(=O)n([C@H]4CCN(C(=O)O)C4)c4ncccc43)cc2)cc1. The van der Waals surface area contributed by atoms with Crippen molar-refractivity contribution in [1.82, 2.24) is 19.0 Å². The number of hydrogen-bond acceptors (Lipinski definition) is 5. The van der Waals surface area contributed by atoms with Crippen LogP contribution in [0.1, 0.15) is 22.8 Å². The van der Waals surface area contributed by atoms with E-state index < -0.39 is 6.09 Å². The number of nitrogens with zero attached hydrogens (tertiary/aromatic N) is 4. The van der Waals surface area contributed by atoms with Gasteiger partial charge >= 0.3 is 17.8 Å². The fraction of sp³-hybridized carbons (Fsp3) is 0.200. The Morgan fingerprint density at radius 2 is 1.71 bits per heavy atom. The molecule has 0 spiro atoms. The first-order chi connectivity index (χ1) is 16.5. The smallest absolute Gasteiger partial charge is 0.407 e. The third-order valence-electron chi connectivity index (χ3n) is 6.20. The zero-order valence-electron chi connectivity index (χ0n) is 18.4. The molecular formula is C25H22N4O5. The van der Waals surface area contributed by atoms with Crippen molar-refractivity contribution in [3.63, 3.8) is 0 Å². The lowest BCUT2D eigenvalue weighted by molar-refractivity contribution is 0.0600. The van der Waals surface area contributed by atoms with E-state index in [9.17, 15) is 19.5 Å². The monoisotopic (exact) mass is 458 g/mol. The Morgan fingerprint density at radius 3 is 2.32 bits per heavy atom. The van der Waals surface area contributed by atoms with Gasteiger partial charge in [0.25, 0.3) is 0 Å². The molecule has 1 aliphatic heterocycles. The highest BCUT2D eigenvalue weighted by atomic mass is 16.5. The molecule has 0 bridgehead atoms. The zero-order valence-corrected chi connectivity index (χ0v) is 18.4. The Hall–Kier alpha value is -4.40. The number of carboxylic acid groups (broad SMARTS) is 1. The van der Waals surface area contributed by atoms with Crippen LogP contribution in [0.2, 0.25) is 0 Å². The number of benzene rings is 2. The predicted molar refractivity (Wildman–Crippen MR) is 125 cm³/mol. The summed E-state index contributed by atoms with van der Waals surface area (Å²) in [5.41, 5.74) is 3.97. The van der Waals surface area contributed by atoms with Crippen molar-refractivity contribution in [2.45, 2.75) is 12.5 Å². The van der Waals surface area contributed by atoms with E-state index in [1.807, 2.05) is 42.5 Å². The molecule has 2 aromatic heterocycles. The Morgan fingerprint density at radius 1 is 1.03 bits per heavy atom. The highest BCUT2D eigenvalue weighted by Gasteiger charge is 2.31. The summed E-state index contributed by atoms with van der Waals surface area (Å²) in [5.74, 6) is -0.389. The van der Waals surface area contributed by atoms with E-state index in [1.165, 1.54) is 12.0 Å². The van der Waals surface area contributed by atoms with E-state index in [2.05, 4.69) is 4.98 Å². The van der Waals surface area contributed by atoms with E-state index in [4.69, 9.17) is 4.74 Å². The lowest BCUT2D eigenvalue weighted by Crippen LogP contribution is -2.31. The molecule has 9 nitrogen and oxygen atoms in total. The Labute approximate surface area is 194 Å². The topological polar surface area (TPSA) is 107 Å². The van der Waals surface area contributed by atoms with Gasteiger partial charge in [-0.25, -0.2) is 19.4 Å². The average molecular weight is 458 g/mol. The first-order valence-electron chi connectivity index (χ1n) is 10.8. The van der Waals surface area contributed by atoms with Gasteiger partial charge in [-0.05, 0) is 53.9 Å². The number of pyridine rings is 1. The van der Waals surface area contributed by atoms with Crippen molar-refractivity contribution in [3.8, 4) is 16.8 Å². The van der Waals surface area contributed by atoms with E-state index in [0.29, 0.717) is 35.4 Å². The molecule has 5 rings (SSSR count). The second-order valence-electron chi connectivity index (χ2n) is 8.12. The predicted octanol–water partition coefficient (Wildman–Crippen LogP) is 3.57. The molecule has 1 atom stereocenters. The largest absolute Gasteiger partial charge is 0.465 e. The maximum atomic E-state index is 13.5. The summed E-state index contributed by atoms with van der Waals surface area (Å²) in [6.45, 7) is 0.640. The van der Waals surface area contributed by atoms with Crippen molar-refractivity contribution in [2.24, 2.45) is 0 Å². The first kappa shape index (κ1) is 21.4. The van der Waals surface area contributed by atoms with Crippen LogP contribution in [0, 0.1) is 0 Å². The number of ether oxygens (including phenoxy) is 1. The maximum Gasteiger partial charge on any atom is 0.407 e. The van der Waals surface area contributed by atoms with Crippen LogP contribution in [0.15, 0.2) is 71.7 Å². The number of hydrogen-bond donors (Lipinski definition) is 1. The molecule has 1 aliphatic rings. The molecule has 1 N–H and O–H groups in total. The normalized spacial score (nSPS) is 15.6. The van der Waals surface area contributed by atoms with Gasteiger partial charge in [0.15, 0.2) is 5.65 Å². The van der Waals surface area contributed by atoms with Crippen LogP contribution < -0.4 is 5.69 Å². The Kier molecular flexibility index (Phi) is 5.37. The standard InChI is InChI=1S/C25H22N4O5/c1-34-23(30)18-6-4-16(5-7-18)17-8-10-19(11-9-17)28-21-3-2-13-26-22(21)29(24(28)31)20-12-14-27(15-20)25(32)33/h2-11,13,20H,12,14-15H2,1H3,(H,32,33)/t20-/m0/s1. The lowest BCUT2D eigenvalue weighted by atomic mass is 10.0. The van der Waals surface area contributed by atoms with Crippen molar-refractivity contribution < 1.29 is 19.4 Å². The molecule has 0 saturated carbocycles. The molecule has 0 radical (unpaired) electrons. The maximum absolute atomic E-state index is 13.5. The summed E-state index contributed by atoms with van der Waals surface area (Å²) >= 11 is 0. The van der Waals surface area contributed by atoms with Crippen LogP contribution in [-0.4, -0.2) is 56.4 Å². The molecular weight excluding hydrogens is 436 g/mol. The number of esters is 1. The van der Waals surface area contributed by atoms with E-state index >= 15 is 0 Å². The molecule has 4 aromatic rings. The van der Waals surface area contributed by atoms with E-state index in [-0.39, 0.29) is 24.2 Å². The van der Waals surface area contributed by atoms with Crippen molar-refractivity contribution in [1.29, 1.82) is 0 Å². The third kappa shape index (κ3) is 3.61. The van der Waals surface area contributed by atoms with Crippen LogP contribution in [-0.2, 0) is 4.74 Å². The van der Waals surface area contributed by atoms with Gasteiger partial charge in [-0.3, -0.25) is 9.13 Å². The molecule has 34 heavy (non-hydrogen) atoms. The highest BCUT2D eigenvalue weighted by Crippen LogP contribution is 2.27. The number of fused-ring (bicyclic) bond motifs is 1. The number of imidazole rings is 1. The number of likely N-dealkylation sites (tertiary alicyclic amines) is 1. The minimum absolute atomic E-state index is 0.249. The van der Waals surface area contributed by atoms with Gasteiger partial charge in [0.05, 0.1) is 29.9 Å². The minimum Gasteiger partial charge on any atom is -0.465 e. The third-order valence-corrected chi connectivity index (χ3v) is 6.20. The van der Waals surface area contributed by atoms with E-state index in [1.54, 1.807) is 33.5 Å².